The van der Waals surface area contributed by atoms with Crippen LogP contribution in [-0.4, -0.2) is 35.4 Å². The van der Waals surface area contributed by atoms with Crippen molar-refractivity contribution in [1.82, 2.24) is 4.98 Å². The molecule has 7 nitrogen and oxygen atoms in total. The zero-order valence-corrected chi connectivity index (χ0v) is 19.9. The Balaban J connectivity index is 0.00000361. The number of hydrogen-bond donors (Lipinski definition) is 2. The molecule has 3 N–H and O–H groups in total. The lowest BCUT2D eigenvalue weighted by Gasteiger charge is -2.29. The number of hydrogen-bond acceptors (Lipinski definition) is 6. The van der Waals surface area contributed by atoms with Gasteiger partial charge in [0.2, 0.25) is 5.89 Å². The minimum absolute atomic E-state index is 0. The first kappa shape index (κ1) is 27.5. The van der Waals surface area contributed by atoms with E-state index in [1.165, 1.54) is 18.2 Å². The van der Waals surface area contributed by atoms with E-state index in [0.29, 0.717) is 24.2 Å². The van der Waals surface area contributed by atoms with Gasteiger partial charge in [0.25, 0.3) is 0 Å². The predicted molar refractivity (Wildman–Crippen MR) is 124 cm³/mol. The minimum Gasteiger partial charge on any atom is -0.489 e. The van der Waals surface area contributed by atoms with Crippen LogP contribution in [0.5, 0.6) is 11.5 Å². The number of carboxylic acid groups (broad SMARTS) is 1. The highest BCUT2D eigenvalue weighted by atomic mass is 35.5. The molecule has 36 heavy (non-hydrogen) atoms. The van der Waals surface area contributed by atoms with E-state index in [9.17, 15) is 27.5 Å². The fourth-order valence-electron chi connectivity index (χ4n) is 3.77. The summed E-state index contributed by atoms with van der Waals surface area (Å²) >= 11 is 0. The first-order valence-corrected chi connectivity index (χ1v) is 11.0. The maximum Gasteiger partial charge on any atom is 0.387 e. The number of rotatable bonds is 10. The molecule has 2 aliphatic rings. The lowest BCUT2D eigenvalue weighted by atomic mass is 9.75. The molecule has 1 fully saturated rings. The Morgan fingerprint density at radius 2 is 2.06 bits per heavy atom. The van der Waals surface area contributed by atoms with Crippen molar-refractivity contribution >= 4 is 18.4 Å². The molecule has 0 amide bonds. The molecule has 0 spiro atoms. The van der Waals surface area contributed by atoms with Gasteiger partial charge >= 0.3 is 12.6 Å². The molecule has 12 heteroatoms. The number of halogens is 5. The molecule has 2 aliphatic carbocycles. The number of ether oxygens (including phenoxy) is 2. The number of benzene rings is 1. The molecule has 1 heterocycles. The monoisotopic (exact) mass is 532 g/mol. The van der Waals surface area contributed by atoms with Crippen molar-refractivity contribution in [1.29, 1.82) is 0 Å². The van der Waals surface area contributed by atoms with Gasteiger partial charge in [0.05, 0.1) is 18.3 Å². The molecule has 196 valence electrons. The smallest absolute Gasteiger partial charge is 0.387 e. The highest BCUT2D eigenvalue weighted by Crippen LogP contribution is 2.40. The van der Waals surface area contributed by atoms with Gasteiger partial charge in [0, 0.05) is 12.0 Å². The molecule has 0 saturated heterocycles. The van der Waals surface area contributed by atoms with Crippen LogP contribution in [0.15, 0.2) is 46.7 Å². The molecule has 4 rings (SSSR count). The van der Waals surface area contributed by atoms with Gasteiger partial charge in [-0.05, 0) is 56.0 Å². The topological polar surface area (TPSA) is 108 Å². The van der Waals surface area contributed by atoms with Crippen LogP contribution in [0.2, 0.25) is 0 Å². The first-order chi connectivity index (χ1) is 16.6. The summed E-state index contributed by atoms with van der Waals surface area (Å²) in [6.45, 7) is -1.14. The second-order valence-corrected chi connectivity index (χ2v) is 8.72. The van der Waals surface area contributed by atoms with Crippen molar-refractivity contribution in [2.45, 2.75) is 45.0 Å². The molecule has 1 saturated carbocycles. The molecule has 1 aromatic carbocycles. The second kappa shape index (κ2) is 10.9. The van der Waals surface area contributed by atoms with Gasteiger partial charge in [0.15, 0.2) is 11.5 Å². The number of nitrogens with zero attached hydrogens (tertiary/aromatic N) is 1. The van der Waals surface area contributed by atoms with Crippen molar-refractivity contribution in [3.05, 3.63) is 53.7 Å². The average molecular weight is 533 g/mol. The predicted octanol–water partition coefficient (Wildman–Crippen LogP) is 5.55. The lowest BCUT2D eigenvalue weighted by molar-refractivity contribution is -0.148. The zero-order chi connectivity index (χ0) is 25.3. The maximum atomic E-state index is 14.8. The zero-order valence-electron chi connectivity index (χ0n) is 19.1. The Labute approximate surface area is 210 Å². The molecule has 0 bridgehead atoms. The SMILES string of the molecule is CC(N)c1oc(-c2ccc(OC(F)F)c(OCC3CC3)c2)nc1C[C@@]1(C(=O)O)C=CC(F)=CC1F.Cl. The molecule has 0 radical (unpaired) electrons. The van der Waals surface area contributed by atoms with Gasteiger partial charge < -0.3 is 24.7 Å². The summed E-state index contributed by atoms with van der Waals surface area (Å²) in [6, 6.07) is 3.39. The van der Waals surface area contributed by atoms with Crippen molar-refractivity contribution in [2.75, 3.05) is 6.61 Å². The van der Waals surface area contributed by atoms with E-state index >= 15 is 0 Å². The second-order valence-electron chi connectivity index (χ2n) is 8.72. The van der Waals surface area contributed by atoms with Gasteiger partial charge in [0.1, 0.15) is 23.2 Å². The van der Waals surface area contributed by atoms with Gasteiger partial charge in [-0.2, -0.15) is 8.78 Å². The molecule has 1 aromatic heterocycles. The minimum atomic E-state index is -3.05. The lowest BCUT2D eigenvalue weighted by Crippen LogP contribution is -2.41. The van der Waals surface area contributed by atoms with Crippen LogP contribution in [0.1, 0.15) is 37.3 Å². The van der Waals surface area contributed by atoms with Crippen molar-refractivity contribution in [2.24, 2.45) is 17.1 Å². The van der Waals surface area contributed by atoms with Crippen LogP contribution in [-0.2, 0) is 11.2 Å². The average Bonchev–Trinajstić information content (AvgIpc) is 3.52. The Bertz CT molecular complexity index is 1170. The number of nitrogens with two attached hydrogens (primary N) is 1. The van der Waals surface area contributed by atoms with Crippen LogP contribution in [0.25, 0.3) is 11.5 Å². The van der Waals surface area contributed by atoms with Crippen LogP contribution in [0.4, 0.5) is 17.6 Å². The van der Waals surface area contributed by atoms with E-state index in [2.05, 4.69) is 9.72 Å². The van der Waals surface area contributed by atoms with E-state index in [1.54, 1.807) is 6.92 Å². The quantitative estimate of drug-likeness (QED) is 0.386. The summed E-state index contributed by atoms with van der Waals surface area (Å²) in [5.74, 6) is -2.01. The van der Waals surface area contributed by atoms with Crippen LogP contribution in [0.3, 0.4) is 0 Å². The Kier molecular flexibility index (Phi) is 8.35. The highest BCUT2D eigenvalue weighted by molar-refractivity contribution is 5.85. The Hall–Kier alpha value is -3.05. The normalized spacial score (nSPS) is 22.1. The first-order valence-electron chi connectivity index (χ1n) is 11.0. The van der Waals surface area contributed by atoms with Crippen molar-refractivity contribution < 1.29 is 41.4 Å². The van der Waals surface area contributed by atoms with Gasteiger partial charge in [-0.15, -0.1) is 12.4 Å². The van der Waals surface area contributed by atoms with E-state index in [4.69, 9.17) is 14.9 Å². The Morgan fingerprint density at radius 3 is 2.64 bits per heavy atom. The number of oxazole rings is 1. The van der Waals surface area contributed by atoms with Gasteiger partial charge in [-0.1, -0.05) is 6.08 Å². The molecule has 0 aliphatic heterocycles. The van der Waals surface area contributed by atoms with Crippen molar-refractivity contribution in [3.63, 3.8) is 0 Å². The van der Waals surface area contributed by atoms with Crippen LogP contribution in [0, 0.1) is 11.3 Å². The third-order valence-corrected chi connectivity index (χ3v) is 5.92. The van der Waals surface area contributed by atoms with E-state index in [0.717, 1.165) is 25.0 Å². The molecule has 2 aromatic rings. The van der Waals surface area contributed by atoms with E-state index < -0.39 is 42.5 Å². The molecular weight excluding hydrogens is 508 g/mol. The van der Waals surface area contributed by atoms with Crippen LogP contribution < -0.4 is 15.2 Å². The fourth-order valence-corrected chi connectivity index (χ4v) is 3.77. The van der Waals surface area contributed by atoms with Crippen LogP contribution >= 0.6 is 12.4 Å². The third-order valence-electron chi connectivity index (χ3n) is 5.92. The summed E-state index contributed by atoms with van der Waals surface area (Å²) < 4.78 is 69.9. The molecular formula is C24H25ClF4N2O5. The number of carbonyl (C=O) groups is 1. The standard InChI is InChI=1S/C24H24F4N2O5.ClH/c1-12(29)20-16(10-24(22(31)32)7-6-15(25)9-19(24)26)30-21(35-20)14-4-5-17(34-23(27)28)18(8-14)33-11-13-2-3-13;/h4-9,12-13,19,23H,2-3,10-11,29H2,1H3,(H,31,32);1H/t12?,19?,24-;/m0./s1. The number of aromatic nitrogens is 1. The van der Waals surface area contributed by atoms with Gasteiger partial charge in [-0.25, -0.2) is 13.8 Å². The summed E-state index contributed by atoms with van der Waals surface area (Å²) in [7, 11) is 0. The fraction of sp³-hybridized carbons (Fsp3) is 0.417. The number of carboxylic acids is 1. The third kappa shape index (κ3) is 5.84. The molecule has 2 unspecified atom stereocenters. The van der Waals surface area contributed by atoms with Gasteiger partial charge in [-0.3, -0.25) is 4.79 Å². The number of allylic oxidation sites excluding steroid dienone is 3. The van der Waals surface area contributed by atoms with E-state index in [1.807, 2.05) is 0 Å². The largest absolute Gasteiger partial charge is 0.489 e. The summed E-state index contributed by atoms with van der Waals surface area (Å²) in [6.07, 6.45) is 1.80. The Morgan fingerprint density at radius 1 is 1.33 bits per heavy atom. The summed E-state index contributed by atoms with van der Waals surface area (Å²) in [5, 5.41) is 9.78. The van der Waals surface area contributed by atoms with E-state index in [-0.39, 0.29) is 41.3 Å². The summed E-state index contributed by atoms with van der Waals surface area (Å²) in [4.78, 5) is 16.4. The van der Waals surface area contributed by atoms with Crippen molar-refractivity contribution in [3.8, 4) is 23.0 Å². The summed E-state index contributed by atoms with van der Waals surface area (Å²) in [5.41, 5.74) is 4.29. The highest BCUT2D eigenvalue weighted by Gasteiger charge is 2.47. The molecule has 3 atom stereocenters. The number of aliphatic carboxylic acids is 1. The maximum absolute atomic E-state index is 14.8. The number of alkyl halides is 3.